The second-order valence-corrected chi connectivity index (χ2v) is 6.73. The Morgan fingerprint density at radius 1 is 1.19 bits per heavy atom. The van der Waals surface area contributed by atoms with Gasteiger partial charge in [-0.25, -0.2) is 0 Å². The fourth-order valence-corrected chi connectivity index (χ4v) is 4.15. The Kier molecular flexibility index (Phi) is 4.71. The summed E-state index contributed by atoms with van der Waals surface area (Å²) in [5.41, 5.74) is 0.864. The molecule has 1 aliphatic heterocycles. The number of benzene rings is 1. The highest BCUT2D eigenvalue weighted by Crippen LogP contribution is 2.35. The molecule has 0 aliphatic carbocycles. The molecule has 1 fully saturated rings. The molecule has 1 N–H and O–H groups in total. The standard InChI is InChI=1S/C11H12BrCl2NS/c12-7-5-9(13)11(10(14)6-7)15-8-1-3-16-4-2-8/h5-6,8,15H,1-4H2. The van der Waals surface area contributed by atoms with Crippen LogP contribution in [0.3, 0.4) is 0 Å². The van der Waals surface area contributed by atoms with Crippen molar-refractivity contribution in [2.75, 3.05) is 16.8 Å². The molecule has 1 aliphatic rings. The predicted octanol–water partition coefficient (Wildman–Crippen LogP) is 5.06. The quantitative estimate of drug-likeness (QED) is 0.807. The fraction of sp³-hybridized carbons (Fsp3) is 0.455. The monoisotopic (exact) mass is 339 g/mol. The molecule has 0 saturated carbocycles. The summed E-state index contributed by atoms with van der Waals surface area (Å²) in [5.74, 6) is 2.42. The van der Waals surface area contributed by atoms with Crippen molar-refractivity contribution in [3.05, 3.63) is 26.7 Å². The molecule has 0 unspecified atom stereocenters. The minimum Gasteiger partial charge on any atom is -0.380 e. The molecule has 0 aromatic heterocycles. The highest BCUT2D eigenvalue weighted by atomic mass is 79.9. The summed E-state index contributed by atoms with van der Waals surface area (Å²) < 4.78 is 0.909. The molecule has 16 heavy (non-hydrogen) atoms. The second-order valence-electron chi connectivity index (χ2n) is 3.78. The lowest BCUT2D eigenvalue weighted by molar-refractivity contribution is 0.667. The Balaban J connectivity index is 2.14. The van der Waals surface area contributed by atoms with E-state index in [-0.39, 0.29) is 0 Å². The molecule has 2 rings (SSSR count). The van der Waals surface area contributed by atoms with Gasteiger partial charge >= 0.3 is 0 Å². The first-order chi connectivity index (χ1) is 7.66. The number of hydrogen-bond donors (Lipinski definition) is 1. The van der Waals surface area contributed by atoms with Crippen LogP contribution in [0.2, 0.25) is 10.0 Å². The molecule has 0 radical (unpaired) electrons. The van der Waals surface area contributed by atoms with Crippen molar-refractivity contribution in [3.8, 4) is 0 Å². The SMILES string of the molecule is Clc1cc(Br)cc(Cl)c1NC1CCSCC1. The van der Waals surface area contributed by atoms with E-state index in [2.05, 4.69) is 21.2 Å². The van der Waals surface area contributed by atoms with Gasteiger partial charge in [0.15, 0.2) is 0 Å². The van der Waals surface area contributed by atoms with Gasteiger partial charge in [0, 0.05) is 10.5 Å². The third-order valence-electron chi connectivity index (χ3n) is 2.58. The zero-order valence-corrected chi connectivity index (χ0v) is 12.5. The third-order valence-corrected chi connectivity index (χ3v) is 4.68. The summed E-state index contributed by atoms with van der Waals surface area (Å²) >= 11 is 17.7. The van der Waals surface area contributed by atoms with Gasteiger partial charge in [0.05, 0.1) is 15.7 Å². The Labute approximate surface area is 118 Å². The number of nitrogens with one attached hydrogen (secondary N) is 1. The lowest BCUT2D eigenvalue weighted by Gasteiger charge is -2.24. The Morgan fingerprint density at radius 3 is 2.31 bits per heavy atom. The summed E-state index contributed by atoms with van der Waals surface area (Å²) in [6, 6.07) is 4.23. The normalized spacial score (nSPS) is 17.4. The number of hydrogen-bond acceptors (Lipinski definition) is 2. The minimum absolute atomic E-state index is 0.498. The van der Waals surface area contributed by atoms with Gasteiger partial charge in [-0.15, -0.1) is 0 Å². The van der Waals surface area contributed by atoms with Gasteiger partial charge in [-0.2, -0.15) is 11.8 Å². The highest BCUT2D eigenvalue weighted by Gasteiger charge is 2.16. The summed E-state index contributed by atoms with van der Waals surface area (Å²) in [6.45, 7) is 0. The zero-order chi connectivity index (χ0) is 11.5. The smallest absolute Gasteiger partial charge is 0.0721 e. The third kappa shape index (κ3) is 3.22. The van der Waals surface area contributed by atoms with E-state index in [9.17, 15) is 0 Å². The maximum absolute atomic E-state index is 6.17. The van der Waals surface area contributed by atoms with E-state index < -0.39 is 0 Å². The average molecular weight is 341 g/mol. The Morgan fingerprint density at radius 2 is 1.75 bits per heavy atom. The molecule has 1 aromatic rings. The topological polar surface area (TPSA) is 12.0 Å². The van der Waals surface area contributed by atoms with Crippen molar-refractivity contribution in [1.82, 2.24) is 0 Å². The summed E-state index contributed by atoms with van der Waals surface area (Å²) in [4.78, 5) is 0. The number of rotatable bonds is 2. The molecule has 0 atom stereocenters. The number of halogens is 3. The molecular weight excluding hydrogens is 329 g/mol. The molecule has 0 spiro atoms. The van der Waals surface area contributed by atoms with Crippen LogP contribution in [-0.2, 0) is 0 Å². The largest absolute Gasteiger partial charge is 0.380 e. The van der Waals surface area contributed by atoms with Gasteiger partial charge in [0.1, 0.15) is 0 Å². The summed E-state index contributed by atoms with van der Waals surface area (Å²) in [5, 5.41) is 4.80. The van der Waals surface area contributed by atoms with E-state index in [1.54, 1.807) is 0 Å². The van der Waals surface area contributed by atoms with Gasteiger partial charge in [0.2, 0.25) is 0 Å². The molecule has 0 bridgehead atoms. The second kappa shape index (κ2) is 5.85. The lowest BCUT2D eigenvalue weighted by atomic mass is 10.1. The molecule has 1 heterocycles. The van der Waals surface area contributed by atoms with Crippen LogP contribution in [0.15, 0.2) is 16.6 Å². The van der Waals surface area contributed by atoms with Crippen LogP contribution in [0.1, 0.15) is 12.8 Å². The average Bonchev–Trinajstić information content (AvgIpc) is 2.25. The van der Waals surface area contributed by atoms with Crippen molar-refractivity contribution in [2.24, 2.45) is 0 Å². The van der Waals surface area contributed by atoms with Crippen molar-refractivity contribution in [3.63, 3.8) is 0 Å². The maximum Gasteiger partial charge on any atom is 0.0721 e. The Bertz CT molecular complexity index is 357. The molecule has 1 nitrogen and oxygen atoms in total. The zero-order valence-electron chi connectivity index (χ0n) is 8.60. The van der Waals surface area contributed by atoms with E-state index in [1.807, 2.05) is 23.9 Å². The van der Waals surface area contributed by atoms with Crippen LogP contribution in [0.25, 0.3) is 0 Å². The fourth-order valence-electron chi connectivity index (χ4n) is 1.73. The van der Waals surface area contributed by atoms with Crippen molar-refractivity contribution in [2.45, 2.75) is 18.9 Å². The van der Waals surface area contributed by atoms with Gasteiger partial charge in [-0.3, -0.25) is 0 Å². The van der Waals surface area contributed by atoms with Crippen LogP contribution in [0.5, 0.6) is 0 Å². The molecule has 5 heteroatoms. The van der Waals surface area contributed by atoms with Crippen molar-refractivity contribution >= 4 is 56.6 Å². The van der Waals surface area contributed by atoms with Crippen LogP contribution in [0, 0.1) is 0 Å². The Hall–Kier alpha value is 0.430. The summed E-state index contributed by atoms with van der Waals surface area (Å²) in [7, 11) is 0. The highest BCUT2D eigenvalue weighted by molar-refractivity contribution is 9.10. The number of thioether (sulfide) groups is 1. The number of anilines is 1. The van der Waals surface area contributed by atoms with Crippen LogP contribution in [-0.4, -0.2) is 17.5 Å². The molecule has 1 aromatic carbocycles. The van der Waals surface area contributed by atoms with E-state index >= 15 is 0 Å². The minimum atomic E-state index is 0.498. The lowest BCUT2D eigenvalue weighted by Crippen LogP contribution is -2.24. The van der Waals surface area contributed by atoms with Gasteiger partial charge in [-0.1, -0.05) is 39.1 Å². The first-order valence-corrected chi connectivity index (χ1v) is 7.86. The van der Waals surface area contributed by atoms with E-state index in [1.165, 1.54) is 24.3 Å². The van der Waals surface area contributed by atoms with Gasteiger partial charge in [-0.05, 0) is 36.5 Å². The van der Waals surface area contributed by atoms with E-state index in [0.717, 1.165) is 10.2 Å². The predicted molar refractivity (Wildman–Crippen MR) is 78.1 cm³/mol. The summed E-state index contributed by atoms with van der Waals surface area (Å²) in [6.07, 6.45) is 2.35. The van der Waals surface area contributed by atoms with Gasteiger partial charge in [0.25, 0.3) is 0 Å². The first-order valence-electron chi connectivity index (χ1n) is 5.15. The molecule has 88 valence electrons. The van der Waals surface area contributed by atoms with Gasteiger partial charge < -0.3 is 5.32 Å². The van der Waals surface area contributed by atoms with Crippen LogP contribution in [0.4, 0.5) is 5.69 Å². The van der Waals surface area contributed by atoms with Crippen LogP contribution >= 0.6 is 50.9 Å². The molecule has 0 amide bonds. The van der Waals surface area contributed by atoms with E-state index in [0.29, 0.717) is 16.1 Å². The van der Waals surface area contributed by atoms with E-state index in [4.69, 9.17) is 23.2 Å². The first kappa shape index (κ1) is 12.9. The van der Waals surface area contributed by atoms with Crippen LogP contribution < -0.4 is 5.32 Å². The molecule has 1 saturated heterocycles. The molecular formula is C11H12BrCl2NS. The van der Waals surface area contributed by atoms with Crippen molar-refractivity contribution in [1.29, 1.82) is 0 Å². The maximum atomic E-state index is 6.17. The van der Waals surface area contributed by atoms with Crippen molar-refractivity contribution < 1.29 is 0 Å².